The maximum Gasteiger partial charge on any atom is 0.118 e. The summed E-state index contributed by atoms with van der Waals surface area (Å²) in [7, 11) is 1.67. The smallest absolute Gasteiger partial charge is 0.118 e. The van der Waals surface area contributed by atoms with Crippen LogP contribution in [0.1, 0.15) is 49.5 Å². The SMILES string of the molecule is COc1ccc(C=Nc2ccc3c(c2)nc(C)n3C2CCCCC2)cc1. The van der Waals surface area contributed by atoms with Gasteiger partial charge in [-0.2, -0.15) is 0 Å². The number of fused-ring (bicyclic) bond motifs is 1. The molecule has 26 heavy (non-hydrogen) atoms. The van der Waals surface area contributed by atoms with E-state index in [-0.39, 0.29) is 0 Å². The van der Waals surface area contributed by atoms with Crippen LogP contribution in [0.4, 0.5) is 5.69 Å². The molecule has 1 aliphatic carbocycles. The van der Waals surface area contributed by atoms with Crippen LogP contribution in [-0.2, 0) is 0 Å². The van der Waals surface area contributed by atoms with E-state index in [9.17, 15) is 0 Å². The standard InChI is InChI=1S/C22H25N3O/c1-16-24-21-14-18(23-15-17-8-11-20(26-2)12-9-17)10-13-22(21)25(16)19-6-4-3-5-7-19/h8-15,19H,3-7H2,1-2H3. The van der Waals surface area contributed by atoms with E-state index in [0.29, 0.717) is 6.04 Å². The molecule has 1 saturated carbocycles. The van der Waals surface area contributed by atoms with Crippen LogP contribution in [0.15, 0.2) is 47.5 Å². The van der Waals surface area contributed by atoms with Crippen molar-refractivity contribution < 1.29 is 4.74 Å². The zero-order valence-corrected chi connectivity index (χ0v) is 15.5. The molecule has 1 fully saturated rings. The molecule has 0 N–H and O–H groups in total. The number of nitrogens with zero attached hydrogens (tertiary/aromatic N) is 3. The minimum absolute atomic E-state index is 0.599. The summed E-state index contributed by atoms with van der Waals surface area (Å²) in [5.41, 5.74) is 4.26. The highest BCUT2D eigenvalue weighted by Gasteiger charge is 2.19. The third-order valence-electron chi connectivity index (χ3n) is 5.27. The number of imidazole rings is 1. The number of aromatic nitrogens is 2. The number of benzene rings is 2. The minimum Gasteiger partial charge on any atom is -0.497 e. The molecule has 1 aliphatic rings. The van der Waals surface area contributed by atoms with Gasteiger partial charge < -0.3 is 9.30 Å². The second-order valence-corrected chi connectivity index (χ2v) is 7.03. The summed E-state index contributed by atoms with van der Waals surface area (Å²) in [6.45, 7) is 2.12. The summed E-state index contributed by atoms with van der Waals surface area (Å²) < 4.78 is 7.62. The molecule has 0 saturated heterocycles. The largest absolute Gasteiger partial charge is 0.497 e. The Bertz CT molecular complexity index is 918. The van der Waals surface area contributed by atoms with Crippen molar-refractivity contribution in [2.75, 3.05) is 7.11 Å². The van der Waals surface area contributed by atoms with E-state index < -0.39 is 0 Å². The lowest BCUT2D eigenvalue weighted by Gasteiger charge is -2.24. The van der Waals surface area contributed by atoms with E-state index in [1.165, 1.54) is 37.6 Å². The Labute approximate surface area is 154 Å². The maximum atomic E-state index is 5.19. The summed E-state index contributed by atoms with van der Waals surface area (Å²) in [5.74, 6) is 1.97. The van der Waals surface area contributed by atoms with Gasteiger partial charge in [-0.3, -0.25) is 4.99 Å². The van der Waals surface area contributed by atoms with E-state index in [4.69, 9.17) is 9.72 Å². The van der Waals surface area contributed by atoms with Crippen LogP contribution in [-0.4, -0.2) is 22.9 Å². The first-order chi connectivity index (χ1) is 12.7. The van der Waals surface area contributed by atoms with E-state index in [1.807, 2.05) is 30.5 Å². The predicted molar refractivity (Wildman–Crippen MR) is 107 cm³/mol. The number of methoxy groups -OCH3 is 1. The van der Waals surface area contributed by atoms with Crippen LogP contribution in [0.5, 0.6) is 5.75 Å². The minimum atomic E-state index is 0.599. The van der Waals surface area contributed by atoms with Gasteiger partial charge in [-0.1, -0.05) is 19.3 Å². The van der Waals surface area contributed by atoms with Crippen molar-refractivity contribution in [1.82, 2.24) is 9.55 Å². The van der Waals surface area contributed by atoms with Crippen molar-refractivity contribution in [2.24, 2.45) is 4.99 Å². The highest BCUT2D eigenvalue weighted by atomic mass is 16.5. The number of aryl methyl sites for hydroxylation is 1. The third-order valence-corrected chi connectivity index (χ3v) is 5.27. The molecule has 0 aliphatic heterocycles. The van der Waals surface area contributed by atoms with Gasteiger partial charge >= 0.3 is 0 Å². The van der Waals surface area contributed by atoms with Crippen molar-refractivity contribution in [3.63, 3.8) is 0 Å². The Morgan fingerprint density at radius 1 is 1.08 bits per heavy atom. The van der Waals surface area contributed by atoms with E-state index in [2.05, 4.69) is 34.7 Å². The molecule has 1 aromatic heterocycles. The molecule has 4 heteroatoms. The van der Waals surface area contributed by atoms with Crippen LogP contribution in [0, 0.1) is 6.92 Å². The van der Waals surface area contributed by atoms with Crippen LogP contribution in [0.2, 0.25) is 0 Å². The molecular weight excluding hydrogens is 322 g/mol. The second kappa shape index (κ2) is 7.32. The Kier molecular flexibility index (Phi) is 4.74. The Morgan fingerprint density at radius 2 is 1.85 bits per heavy atom. The van der Waals surface area contributed by atoms with Crippen molar-refractivity contribution in [2.45, 2.75) is 45.1 Å². The fourth-order valence-electron chi connectivity index (χ4n) is 3.93. The lowest BCUT2D eigenvalue weighted by atomic mass is 9.95. The van der Waals surface area contributed by atoms with Gasteiger partial charge in [0.15, 0.2) is 0 Å². The monoisotopic (exact) mass is 347 g/mol. The first-order valence-corrected chi connectivity index (χ1v) is 9.41. The second-order valence-electron chi connectivity index (χ2n) is 7.03. The fourth-order valence-corrected chi connectivity index (χ4v) is 3.93. The molecule has 0 radical (unpaired) electrons. The van der Waals surface area contributed by atoms with E-state index in [1.54, 1.807) is 7.11 Å². The van der Waals surface area contributed by atoms with Gasteiger partial charge in [0, 0.05) is 12.3 Å². The average molecular weight is 347 g/mol. The summed E-state index contributed by atoms with van der Waals surface area (Å²) in [5, 5.41) is 0. The zero-order valence-electron chi connectivity index (χ0n) is 15.5. The summed E-state index contributed by atoms with van der Waals surface area (Å²) >= 11 is 0. The van der Waals surface area contributed by atoms with Gasteiger partial charge in [0.2, 0.25) is 0 Å². The third kappa shape index (κ3) is 3.36. The lowest BCUT2D eigenvalue weighted by molar-refractivity contribution is 0.355. The first kappa shape index (κ1) is 16.8. The van der Waals surface area contributed by atoms with Gasteiger partial charge in [-0.25, -0.2) is 4.98 Å². The van der Waals surface area contributed by atoms with Gasteiger partial charge in [-0.05, 0) is 67.8 Å². The predicted octanol–water partition coefficient (Wildman–Crippen LogP) is 5.61. The summed E-state index contributed by atoms with van der Waals surface area (Å²) in [4.78, 5) is 9.42. The topological polar surface area (TPSA) is 39.4 Å². The number of rotatable bonds is 4. The van der Waals surface area contributed by atoms with Crippen LogP contribution in [0.25, 0.3) is 11.0 Å². The number of hydrogen-bond donors (Lipinski definition) is 0. The zero-order chi connectivity index (χ0) is 17.9. The highest BCUT2D eigenvalue weighted by molar-refractivity contribution is 5.85. The summed E-state index contributed by atoms with van der Waals surface area (Å²) in [6.07, 6.45) is 8.44. The average Bonchev–Trinajstić information content (AvgIpc) is 3.02. The van der Waals surface area contributed by atoms with Gasteiger partial charge in [0.25, 0.3) is 0 Å². The molecule has 0 spiro atoms. The number of aliphatic imine (C=N–C) groups is 1. The molecule has 0 atom stereocenters. The number of hydrogen-bond acceptors (Lipinski definition) is 3. The first-order valence-electron chi connectivity index (χ1n) is 9.41. The fraction of sp³-hybridized carbons (Fsp3) is 0.364. The Hall–Kier alpha value is -2.62. The quantitative estimate of drug-likeness (QED) is 0.576. The van der Waals surface area contributed by atoms with Crippen LogP contribution in [0.3, 0.4) is 0 Å². The molecule has 134 valence electrons. The molecule has 4 rings (SSSR count). The Balaban J connectivity index is 1.60. The van der Waals surface area contributed by atoms with Crippen LogP contribution < -0.4 is 4.74 Å². The molecule has 4 nitrogen and oxygen atoms in total. The molecule has 1 heterocycles. The normalized spacial score (nSPS) is 15.8. The van der Waals surface area contributed by atoms with Gasteiger partial charge in [-0.15, -0.1) is 0 Å². The molecule has 0 unspecified atom stereocenters. The Morgan fingerprint density at radius 3 is 2.58 bits per heavy atom. The lowest BCUT2D eigenvalue weighted by Crippen LogP contribution is -2.13. The van der Waals surface area contributed by atoms with E-state index in [0.717, 1.165) is 28.3 Å². The van der Waals surface area contributed by atoms with Gasteiger partial charge in [0.1, 0.15) is 11.6 Å². The maximum absolute atomic E-state index is 5.19. The summed E-state index contributed by atoms with van der Waals surface area (Å²) in [6, 6.07) is 14.8. The molecule has 3 aromatic rings. The molecule has 0 amide bonds. The van der Waals surface area contributed by atoms with Gasteiger partial charge in [0.05, 0.1) is 23.8 Å². The highest BCUT2D eigenvalue weighted by Crippen LogP contribution is 2.33. The molecule has 2 aromatic carbocycles. The molecular formula is C22H25N3O. The number of ether oxygens (including phenoxy) is 1. The van der Waals surface area contributed by atoms with Crippen molar-refractivity contribution in [3.05, 3.63) is 53.9 Å². The van der Waals surface area contributed by atoms with Crippen LogP contribution >= 0.6 is 0 Å². The van der Waals surface area contributed by atoms with Crippen molar-refractivity contribution in [1.29, 1.82) is 0 Å². The van der Waals surface area contributed by atoms with E-state index >= 15 is 0 Å². The van der Waals surface area contributed by atoms with Crippen molar-refractivity contribution >= 4 is 22.9 Å². The molecule has 0 bridgehead atoms. The van der Waals surface area contributed by atoms with Crippen molar-refractivity contribution in [3.8, 4) is 5.75 Å².